The molecule has 17 heavy (non-hydrogen) atoms. The summed E-state index contributed by atoms with van der Waals surface area (Å²) < 4.78 is 0. The van der Waals surface area contributed by atoms with Crippen LogP contribution in [-0.4, -0.2) is 49.6 Å². The molecule has 0 aliphatic rings. The van der Waals surface area contributed by atoms with Gasteiger partial charge in [-0.25, -0.2) is 0 Å². The molecule has 3 nitrogen and oxygen atoms in total. The van der Waals surface area contributed by atoms with E-state index in [0.717, 1.165) is 32.5 Å². The van der Waals surface area contributed by atoms with Crippen molar-refractivity contribution >= 4 is 0 Å². The van der Waals surface area contributed by atoms with Gasteiger partial charge < -0.3 is 4.90 Å². The maximum atomic E-state index is 8.97. The van der Waals surface area contributed by atoms with Crippen LogP contribution in [0, 0.1) is 16.7 Å². The Morgan fingerprint density at radius 2 is 1.88 bits per heavy atom. The Morgan fingerprint density at radius 1 is 1.29 bits per heavy atom. The summed E-state index contributed by atoms with van der Waals surface area (Å²) in [5.41, 5.74) is -0.176. The Labute approximate surface area is 107 Å². The fraction of sp³-hybridized carbons (Fsp3) is 0.929. The highest BCUT2D eigenvalue weighted by Crippen LogP contribution is 2.21. The molecular formula is C14H29N3. The molecule has 0 amide bonds. The molecule has 0 radical (unpaired) electrons. The van der Waals surface area contributed by atoms with Gasteiger partial charge in [0.05, 0.1) is 11.5 Å². The normalized spacial score (nSPS) is 14.1. The van der Waals surface area contributed by atoms with Crippen LogP contribution in [0.2, 0.25) is 0 Å². The molecule has 3 heteroatoms. The van der Waals surface area contributed by atoms with E-state index >= 15 is 0 Å². The summed E-state index contributed by atoms with van der Waals surface area (Å²) >= 11 is 0. The van der Waals surface area contributed by atoms with E-state index in [1.807, 2.05) is 13.8 Å². The Morgan fingerprint density at radius 3 is 2.29 bits per heavy atom. The van der Waals surface area contributed by atoms with Gasteiger partial charge in [0.1, 0.15) is 0 Å². The Balaban J connectivity index is 4.03. The summed E-state index contributed by atoms with van der Waals surface area (Å²) in [6.07, 6.45) is 2.08. The quantitative estimate of drug-likeness (QED) is 0.652. The van der Waals surface area contributed by atoms with Gasteiger partial charge in [0.25, 0.3) is 0 Å². The van der Waals surface area contributed by atoms with Gasteiger partial charge in [0.2, 0.25) is 0 Å². The van der Waals surface area contributed by atoms with Crippen LogP contribution in [0.3, 0.4) is 0 Å². The van der Waals surface area contributed by atoms with E-state index in [0.29, 0.717) is 6.04 Å². The van der Waals surface area contributed by atoms with Crippen molar-refractivity contribution in [3.63, 3.8) is 0 Å². The first-order valence-electron chi connectivity index (χ1n) is 6.62. The van der Waals surface area contributed by atoms with Crippen LogP contribution < -0.4 is 0 Å². The lowest BCUT2D eigenvalue weighted by molar-refractivity contribution is 0.174. The van der Waals surface area contributed by atoms with Crippen molar-refractivity contribution in [3.8, 4) is 6.07 Å². The fourth-order valence-electron chi connectivity index (χ4n) is 2.11. The molecule has 0 aromatic carbocycles. The molecule has 0 aliphatic carbocycles. The minimum absolute atomic E-state index is 0.176. The van der Waals surface area contributed by atoms with Crippen LogP contribution in [0.25, 0.3) is 0 Å². The third-order valence-electron chi connectivity index (χ3n) is 3.21. The lowest BCUT2D eigenvalue weighted by Crippen LogP contribution is -2.40. The second kappa shape index (κ2) is 7.68. The molecule has 1 atom stereocenters. The smallest absolute Gasteiger partial charge is 0.0683 e. The summed E-state index contributed by atoms with van der Waals surface area (Å²) in [5.74, 6) is 0. The number of hydrogen-bond acceptors (Lipinski definition) is 3. The van der Waals surface area contributed by atoms with Crippen molar-refractivity contribution in [2.75, 3.05) is 33.7 Å². The zero-order chi connectivity index (χ0) is 13.5. The van der Waals surface area contributed by atoms with E-state index in [4.69, 9.17) is 5.26 Å². The first-order valence-corrected chi connectivity index (χ1v) is 6.62. The van der Waals surface area contributed by atoms with Crippen molar-refractivity contribution in [2.24, 2.45) is 5.41 Å². The highest BCUT2D eigenvalue weighted by atomic mass is 15.2. The topological polar surface area (TPSA) is 30.3 Å². The molecule has 0 aromatic heterocycles. The van der Waals surface area contributed by atoms with Crippen molar-refractivity contribution in [1.29, 1.82) is 5.26 Å². The minimum Gasteiger partial charge on any atom is -0.308 e. The molecule has 0 rings (SSSR count). The molecule has 0 spiro atoms. The molecule has 1 unspecified atom stereocenters. The van der Waals surface area contributed by atoms with E-state index in [1.54, 1.807) is 0 Å². The summed E-state index contributed by atoms with van der Waals surface area (Å²) in [5, 5.41) is 8.97. The van der Waals surface area contributed by atoms with Crippen molar-refractivity contribution in [1.82, 2.24) is 9.80 Å². The summed E-state index contributed by atoms with van der Waals surface area (Å²) in [6, 6.07) is 2.95. The van der Waals surface area contributed by atoms with Gasteiger partial charge in [-0.05, 0) is 60.8 Å². The molecule has 0 aromatic rings. The lowest BCUT2D eigenvalue weighted by atomic mass is 9.90. The molecule has 100 valence electrons. The van der Waals surface area contributed by atoms with Gasteiger partial charge in [0, 0.05) is 12.6 Å². The van der Waals surface area contributed by atoms with Gasteiger partial charge in [-0.1, -0.05) is 6.92 Å². The first-order chi connectivity index (χ1) is 7.82. The largest absolute Gasteiger partial charge is 0.308 e. The fourth-order valence-corrected chi connectivity index (χ4v) is 2.11. The molecule has 0 aliphatic heterocycles. The Hall–Kier alpha value is -0.590. The van der Waals surface area contributed by atoms with Crippen LogP contribution in [0.5, 0.6) is 0 Å². The van der Waals surface area contributed by atoms with E-state index in [2.05, 4.69) is 43.8 Å². The molecule has 0 fully saturated rings. The van der Waals surface area contributed by atoms with Gasteiger partial charge in [-0.15, -0.1) is 0 Å². The number of likely N-dealkylation sites (N-methyl/N-ethyl adjacent to an activating group) is 2. The van der Waals surface area contributed by atoms with Crippen LogP contribution in [0.15, 0.2) is 0 Å². The molecule has 0 N–H and O–H groups in total. The summed E-state index contributed by atoms with van der Waals surface area (Å²) in [6.45, 7) is 11.8. The average molecular weight is 239 g/mol. The van der Waals surface area contributed by atoms with Crippen LogP contribution >= 0.6 is 0 Å². The van der Waals surface area contributed by atoms with Crippen LogP contribution in [0.4, 0.5) is 0 Å². The predicted octanol–water partition coefficient (Wildman–Crippen LogP) is 2.59. The SMILES string of the molecule is CCN(CCCC(C)(C)C#N)C(C)CN(C)C. The Bertz CT molecular complexity index is 240. The van der Waals surface area contributed by atoms with Crippen molar-refractivity contribution in [2.45, 2.75) is 46.6 Å². The van der Waals surface area contributed by atoms with Crippen LogP contribution in [-0.2, 0) is 0 Å². The van der Waals surface area contributed by atoms with E-state index < -0.39 is 0 Å². The van der Waals surface area contributed by atoms with E-state index in [9.17, 15) is 0 Å². The number of rotatable bonds is 8. The molecule has 0 saturated carbocycles. The first kappa shape index (κ1) is 16.4. The monoisotopic (exact) mass is 239 g/mol. The molecule has 0 bridgehead atoms. The molecule has 0 saturated heterocycles. The van der Waals surface area contributed by atoms with Crippen LogP contribution in [0.1, 0.15) is 40.5 Å². The summed E-state index contributed by atoms with van der Waals surface area (Å²) in [4.78, 5) is 4.72. The van der Waals surface area contributed by atoms with Gasteiger partial charge in [-0.3, -0.25) is 4.90 Å². The van der Waals surface area contributed by atoms with Crippen molar-refractivity contribution in [3.05, 3.63) is 0 Å². The second-order valence-electron chi connectivity index (χ2n) is 5.84. The van der Waals surface area contributed by atoms with Gasteiger partial charge in [-0.2, -0.15) is 5.26 Å². The number of nitrogens with zero attached hydrogens (tertiary/aromatic N) is 3. The van der Waals surface area contributed by atoms with E-state index in [1.165, 1.54) is 0 Å². The average Bonchev–Trinajstić information content (AvgIpc) is 2.23. The zero-order valence-electron chi connectivity index (χ0n) is 12.5. The molecule has 0 heterocycles. The highest BCUT2D eigenvalue weighted by Gasteiger charge is 2.18. The van der Waals surface area contributed by atoms with Gasteiger partial charge >= 0.3 is 0 Å². The Kier molecular flexibility index (Phi) is 7.41. The van der Waals surface area contributed by atoms with Crippen molar-refractivity contribution < 1.29 is 0 Å². The minimum atomic E-state index is -0.176. The molecular weight excluding hydrogens is 210 g/mol. The maximum absolute atomic E-state index is 8.97. The predicted molar refractivity (Wildman–Crippen MR) is 73.9 cm³/mol. The maximum Gasteiger partial charge on any atom is 0.0683 e. The third kappa shape index (κ3) is 7.36. The number of hydrogen-bond donors (Lipinski definition) is 0. The highest BCUT2D eigenvalue weighted by molar-refractivity contribution is 4.91. The van der Waals surface area contributed by atoms with Gasteiger partial charge in [0.15, 0.2) is 0 Å². The number of nitriles is 1. The standard InChI is InChI=1S/C14H29N3/c1-7-17(13(2)11-16(5)6)10-8-9-14(3,4)12-15/h13H,7-11H2,1-6H3. The second-order valence-corrected chi connectivity index (χ2v) is 5.84. The lowest BCUT2D eigenvalue weighted by Gasteiger charge is -2.30. The zero-order valence-corrected chi connectivity index (χ0v) is 12.5. The van der Waals surface area contributed by atoms with E-state index in [-0.39, 0.29) is 5.41 Å². The third-order valence-corrected chi connectivity index (χ3v) is 3.21. The summed E-state index contributed by atoms with van der Waals surface area (Å²) in [7, 11) is 4.23.